The highest BCUT2D eigenvalue weighted by molar-refractivity contribution is 7.89. The van der Waals surface area contributed by atoms with Gasteiger partial charge >= 0.3 is 0 Å². The fourth-order valence-corrected chi connectivity index (χ4v) is 3.63. The van der Waals surface area contributed by atoms with Gasteiger partial charge in [0.2, 0.25) is 10.0 Å². The first kappa shape index (κ1) is 16.8. The van der Waals surface area contributed by atoms with Crippen molar-refractivity contribution in [2.24, 2.45) is 0 Å². The van der Waals surface area contributed by atoms with Gasteiger partial charge < -0.3 is 4.74 Å². The normalized spacial score (nSPS) is 11.5. The van der Waals surface area contributed by atoms with Gasteiger partial charge in [-0.25, -0.2) is 13.1 Å². The molecule has 1 N–H and O–H groups in total. The Balaban J connectivity index is 2.23. The van der Waals surface area contributed by atoms with Crippen molar-refractivity contribution in [1.82, 2.24) is 4.72 Å². The maximum absolute atomic E-state index is 12.5. The molecule has 22 heavy (non-hydrogen) atoms. The minimum atomic E-state index is -3.60. The van der Waals surface area contributed by atoms with Crippen LogP contribution in [-0.2, 0) is 16.6 Å². The molecule has 0 saturated heterocycles. The minimum Gasteiger partial charge on any atom is -0.497 e. The van der Waals surface area contributed by atoms with Crippen LogP contribution >= 0.6 is 11.6 Å². The molecule has 118 valence electrons. The van der Waals surface area contributed by atoms with Gasteiger partial charge in [-0.1, -0.05) is 23.7 Å². The van der Waals surface area contributed by atoms with Crippen LogP contribution in [0.4, 0.5) is 0 Å². The van der Waals surface area contributed by atoms with E-state index in [1.54, 1.807) is 39.2 Å². The third-order valence-electron chi connectivity index (χ3n) is 3.35. The maximum Gasteiger partial charge on any atom is 0.241 e. The van der Waals surface area contributed by atoms with Crippen molar-refractivity contribution >= 4 is 21.6 Å². The van der Waals surface area contributed by atoms with Gasteiger partial charge in [0.1, 0.15) is 5.75 Å². The molecule has 0 bridgehead atoms. The van der Waals surface area contributed by atoms with E-state index in [1.807, 2.05) is 18.2 Å². The van der Waals surface area contributed by atoms with E-state index in [1.165, 1.54) is 0 Å². The predicted octanol–water partition coefficient (Wildman–Crippen LogP) is 3.44. The molecule has 0 fully saturated rings. The summed E-state index contributed by atoms with van der Waals surface area (Å²) in [6, 6.07) is 10.5. The molecular weight excluding hydrogens is 322 g/mol. The van der Waals surface area contributed by atoms with Crippen LogP contribution in [0.1, 0.15) is 16.7 Å². The Kier molecular flexibility index (Phi) is 5.11. The molecule has 0 spiro atoms. The minimum absolute atomic E-state index is 0.195. The molecule has 2 aromatic rings. The summed E-state index contributed by atoms with van der Waals surface area (Å²) in [4.78, 5) is 0.247. The summed E-state index contributed by atoms with van der Waals surface area (Å²) in [5.74, 6) is 0.690. The van der Waals surface area contributed by atoms with Gasteiger partial charge in [0.05, 0.1) is 12.0 Å². The summed E-state index contributed by atoms with van der Waals surface area (Å²) in [6.07, 6.45) is 0. The van der Waals surface area contributed by atoms with Crippen molar-refractivity contribution in [3.63, 3.8) is 0 Å². The second-order valence-electron chi connectivity index (χ2n) is 5.04. The SMILES string of the molecule is COc1cccc(CNS(=O)(=O)c2cc(C)c(Cl)cc2C)c1. The zero-order chi connectivity index (χ0) is 16.3. The molecular formula is C16H18ClNO3S. The number of ether oxygens (including phenoxy) is 1. The number of methoxy groups -OCH3 is 1. The molecule has 2 rings (SSSR count). The number of benzene rings is 2. The van der Waals surface area contributed by atoms with Crippen molar-refractivity contribution in [2.45, 2.75) is 25.3 Å². The molecule has 0 saturated carbocycles. The van der Waals surface area contributed by atoms with Gasteiger partial charge in [0.15, 0.2) is 0 Å². The lowest BCUT2D eigenvalue weighted by atomic mass is 10.2. The Hall–Kier alpha value is -1.56. The van der Waals surface area contributed by atoms with E-state index in [0.29, 0.717) is 16.3 Å². The number of halogens is 1. The summed E-state index contributed by atoms with van der Waals surface area (Å²) < 4.78 is 32.6. The zero-order valence-electron chi connectivity index (χ0n) is 12.7. The van der Waals surface area contributed by atoms with Gasteiger partial charge in [-0.15, -0.1) is 0 Å². The van der Waals surface area contributed by atoms with Crippen LogP contribution in [-0.4, -0.2) is 15.5 Å². The van der Waals surface area contributed by atoms with E-state index in [2.05, 4.69) is 4.72 Å². The van der Waals surface area contributed by atoms with E-state index < -0.39 is 10.0 Å². The number of sulfonamides is 1. The number of rotatable bonds is 5. The summed E-state index contributed by atoms with van der Waals surface area (Å²) in [6.45, 7) is 3.70. The molecule has 0 atom stereocenters. The van der Waals surface area contributed by atoms with Crippen molar-refractivity contribution in [2.75, 3.05) is 7.11 Å². The molecule has 0 unspecified atom stereocenters. The van der Waals surface area contributed by atoms with Crippen LogP contribution in [0.5, 0.6) is 5.75 Å². The zero-order valence-corrected chi connectivity index (χ0v) is 14.3. The highest BCUT2D eigenvalue weighted by atomic mass is 35.5. The van der Waals surface area contributed by atoms with Gasteiger partial charge in [-0.05, 0) is 54.8 Å². The number of aryl methyl sites for hydroxylation is 2. The smallest absolute Gasteiger partial charge is 0.241 e. The fourth-order valence-electron chi connectivity index (χ4n) is 2.08. The molecule has 0 radical (unpaired) electrons. The lowest BCUT2D eigenvalue weighted by molar-refractivity contribution is 0.414. The predicted molar refractivity (Wildman–Crippen MR) is 87.9 cm³/mol. The van der Waals surface area contributed by atoms with Crippen LogP contribution in [0.25, 0.3) is 0 Å². The van der Waals surface area contributed by atoms with Crippen molar-refractivity contribution < 1.29 is 13.2 Å². The highest BCUT2D eigenvalue weighted by Gasteiger charge is 2.18. The second kappa shape index (κ2) is 6.69. The molecule has 2 aromatic carbocycles. The van der Waals surface area contributed by atoms with Crippen molar-refractivity contribution in [3.05, 3.63) is 58.1 Å². The first-order valence-corrected chi connectivity index (χ1v) is 8.59. The Labute approximate surface area is 136 Å². The van der Waals surface area contributed by atoms with E-state index >= 15 is 0 Å². The van der Waals surface area contributed by atoms with Crippen LogP contribution in [0.3, 0.4) is 0 Å². The van der Waals surface area contributed by atoms with E-state index in [-0.39, 0.29) is 11.4 Å². The van der Waals surface area contributed by atoms with Crippen LogP contribution in [0.2, 0.25) is 5.02 Å². The van der Waals surface area contributed by atoms with Crippen molar-refractivity contribution in [1.29, 1.82) is 0 Å². The third-order valence-corrected chi connectivity index (χ3v) is 5.30. The fraction of sp³-hybridized carbons (Fsp3) is 0.250. The number of hydrogen-bond donors (Lipinski definition) is 1. The Morgan fingerprint density at radius 2 is 1.86 bits per heavy atom. The topological polar surface area (TPSA) is 55.4 Å². The van der Waals surface area contributed by atoms with E-state index in [4.69, 9.17) is 16.3 Å². The van der Waals surface area contributed by atoms with Gasteiger partial charge in [0, 0.05) is 11.6 Å². The van der Waals surface area contributed by atoms with Gasteiger partial charge in [-0.2, -0.15) is 0 Å². The second-order valence-corrected chi connectivity index (χ2v) is 7.19. The quantitative estimate of drug-likeness (QED) is 0.907. The molecule has 0 aliphatic rings. The van der Waals surface area contributed by atoms with Crippen LogP contribution in [0.15, 0.2) is 41.3 Å². The van der Waals surface area contributed by atoms with E-state index in [0.717, 1.165) is 11.1 Å². The summed E-state index contributed by atoms with van der Waals surface area (Å²) >= 11 is 6.01. The summed E-state index contributed by atoms with van der Waals surface area (Å²) in [5.41, 5.74) is 2.18. The third kappa shape index (κ3) is 3.80. The van der Waals surface area contributed by atoms with Crippen LogP contribution < -0.4 is 9.46 Å². The summed E-state index contributed by atoms with van der Waals surface area (Å²) in [5, 5.41) is 0.559. The maximum atomic E-state index is 12.5. The van der Waals surface area contributed by atoms with Crippen LogP contribution in [0, 0.1) is 13.8 Å². The monoisotopic (exact) mass is 339 g/mol. The largest absolute Gasteiger partial charge is 0.497 e. The average molecular weight is 340 g/mol. The molecule has 0 aliphatic carbocycles. The molecule has 6 heteroatoms. The molecule has 0 amide bonds. The molecule has 0 aromatic heterocycles. The van der Waals surface area contributed by atoms with E-state index in [9.17, 15) is 8.42 Å². The first-order chi connectivity index (χ1) is 10.3. The van der Waals surface area contributed by atoms with Crippen molar-refractivity contribution in [3.8, 4) is 5.75 Å². The lowest BCUT2D eigenvalue weighted by Crippen LogP contribution is -2.24. The molecule has 4 nitrogen and oxygen atoms in total. The Morgan fingerprint density at radius 1 is 1.14 bits per heavy atom. The molecule has 0 heterocycles. The Bertz CT molecular complexity index is 788. The average Bonchev–Trinajstić information content (AvgIpc) is 2.49. The lowest BCUT2D eigenvalue weighted by Gasteiger charge is -2.11. The number of nitrogens with one attached hydrogen (secondary N) is 1. The molecule has 0 aliphatic heterocycles. The standard InChI is InChI=1S/C16H18ClNO3S/c1-11-8-16(12(2)7-15(11)17)22(19,20)18-10-13-5-4-6-14(9-13)21-3/h4-9,18H,10H2,1-3H3. The highest BCUT2D eigenvalue weighted by Crippen LogP contribution is 2.24. The van der Waals surface area contributed by atoms with Gasteiger partial charge in [-0.3, -0.25) is 0 Å². The first-order valence-electron chi connectivity index (χ1n) is 6.73. The van der Waals surface area contributed by atoms with Gasteiger partial charge in [0.25, 0.3) is 0 Å². The number of hydrogen-bond acceptors (Lipinski definition) is 3. The summed E-state index contributed by atoms with van der Waals surface area (Å²) in [7, 11) is -2.02. The Morgan fingerprint density at radius 3 is 2.55 bits per heavy atom.